The highest BCUT2D eigenvalue weighted by atomic mass is 32.2. The summed E-state index contributed by atoms with van der Waals surface area (Å²) in [6.07, 6.45) is 1.87. The van der Waals surface area contributed by atoms with Crippen LogP contribution in [0.3, 0.4) is 0 Å². The number of amides is 1. The van der Waals surface area contributed by atoms with Gasteiger partial charge in [-0.15, -0.1) is 0 Å². The van der Waals surface area contributed by atoms with Crippen LogP contribution in [0.1, 0.15) is 30.7 Å². The third kappa shape index (κ3) is 4.19. The second-order valence-corrected chi connectivity index (χ2v) is 8.51. The van der Waals surface area contributed by atoms with Gasteiger partial charge in [-0.25, -0.2) is 12.8 Å². The van der Waals surface area contributed by atoms with Gasteiger partial charge in [-0.2, -0.15) is 9.40 Å². The summed E-state index contributed by atoms with van der Waals surface area (Å²) in [7, 11) is -3.56. The van der Waals surface area contributed by atoms with E-state index in [1.54, 1.807) is 18.5 Å². The van der Waals surface area contributed by atoms with Crippen molar-refractivity contribution in [2.75, 3.05) is 18.4 Å². The molecule has 7 nitrogen and oxygen atoms in total. The fourth-order valence-corrected chi connectivity index (χ4v) is 5.18. The van der Waals surface area contributed by atoms with Gasteiger partial charge < -0.3 is 5.32 Å². The van der Waals surface area contributed by atoms with E-state index in [2.05, 4.69) is 10.4 Å². The number of anilines is 1. The molecule has 1 saturated heterocycles. The highest BCUT2D eigenvalue weighted by molar-refractivity contribution is 7.89. The van der Waals surface area contributed by atoms with Crippen LogP contribution in [-0.4, -0.2) is 41.5 Å². The molecule has 2 heterocycles. The number of halogens is 1. The molecule has 1 aliphatic heterocycles. The van der Waals surface area contributed by atoms with Crippen LogP contribution >= 0.6 is 0 Å². The van der Waals surface area contributed by atoms with E-state index < -0.39 is 10.0 Å². The Morgan fingerprint density at radius 3 is 2.44 bits per heavy atom. The lowest BCUT2D eigenvalue weighted by Gasteiger charge is -2.15. The molecule has 0 spiro atoms. The van der Waals surface area contributed by atoms with Crippen LogP contribution < -0.4 is 5.32 Å². The minimum Gasteiger partial charge on any atom is -0.326 e. The molecule has 1 aromatic carbocycles. The molecule has 27 heavy (non-hydrogen) atoms. The summed E-state index contributed by atoms with van der Waals surface area (Å²) in [4.78, 5) is 12.3. The van der Waals surface area contributed by atoms with Gasteiger partial charge in [-0.05, 0) is 51.0 Å². The maximum absolute atomic E-state index is 12.9. The minimum atomic E-state index is -3.56. The zero-order chi connectivity index (χ0) is 19.6. The lowest BCUT2D eigenvalue weighted by Crippen LogP contribution is -2.28. The van der Waals surface area contributed by atoms with Crippen molar-refractivity contribution in [1.82, 2.24) is 14.1 Å². The molecule has 146 valence electrons. The van der Waals surface area contributed by atoms with Crippen LogP contribution in [0.2, 0.25) is 0 Å². The van der Waals surface area contributed by atoms with Crippen molar-refractivity contribution in [2.45, 2.75) is 44.6 Å². The molecule has 1 aliphatic rings. The molecule has 1 amide bonds. The van der Waals surface area contributed by atoms with Crippen molar-refractivity contribution in [1.29, 1.82) is 0 Å². The van der Waals surface area contributed by atoms with Crippen LogP contribution in [0, 0.1) is 19.7 Å². The first-order valence-corrected chi connectivity index (χ1v) is 10.3. The Morgan fingerprint density at radius 1 is 1.19 bits per heavy atom. The molecule has 0 radical (unpaired) electrons. The third-order valence-electron chi connectivity index (χ3n) is 4.66. The van der Waals surface area contributed by atoms with Gasteiger partial charge in [-0.3, -0.25) is 9.48 Å². The third-order valence-corrected chi connectivity index (χ3v) is 6.81. The van der Waals surface area contributed by atoms with E-state index in [0.717, 1.165) is 12.8 Å². The zero-order valence-corrected chi connectivity index (χ0v) is 16.2. The molecular formula is C18H23FN4O3S. The predicted molar refractivity (Wildman–Crippen MR) is 99.3 cm³/mol. The molecule has 1 aromatic heterocycles. The normalized spacial score (nSPS) is 15.2. The summed E-state index contributed by atoms with van der Waals surface area (Å²) >= 11 is 0. The second kappa shape index (κ2) is 7.77. The monoisotopic (exact) mass is 394 g/mol. The van der Waals surface area contributed by atoms with Gasteiger partial charge in [0.1, 0.15) is 10.7 Å². The Kier molecular flexibility index (Phi) is 5.61. The van der Waals surface area contributed by atoms with Crippen molar-refractivity contribution in [2.24, 2.45) is 0 Å². The second-order valence-electron chi connectivity index (χ2n) is 6.64. The lowest BCUT2D eigenvalue weighted by molar-refractivity contribution is -0.116. The van der Waals surface area contributed by atoms with E-state index in [1.807, 2.05) is 0 Å². The number of hydrogen-bond donors (Lipinski definition) is 1. The van der Waals surface area contributed by atoms with Gasteiger partial charge in [0.2, 0.25) is 15.9 Å². The highest BCUT2D eigenvalue weighted by Gasteiger charge is 2.32. The van der Waals surface area contributed by atoms with E-state index in [1.165, 1.54) is 28.6 Å². The summed E-state index contributed by atoms with van der Waals surface area (Å²) in [6, 6.07) is 5.51. The maximum atomic E-state index is 12.9. The van der Waals surface area contributed by atoms with Crippen molar-refractivity contribution < 1.29 is 17.6 Å². The Balaban J connectivity index is 1.69. The van der Waals surface area contributed by atoms with Gasteiger partial charge in [0.25, 0.3) is 0 Å². The molecule has 0 aliphatic carbocycles. The number of aryl methyl sites for hydroxylation is 2. The van der Waals surface area contributed by atoms with E-state index in [-0.39, 0.29) is 29.6 Å². The molecule has 0 bridgehead atoms. The van der Waals surface area contributed by atoms with Crippen molar-refractivity contribution >= 4 is 21.6 Å². The molecule has 1 N–H and O–H groups in total. The number of carbonyl (C=O) groups excluding carboxylic acids is 1. The summed E-state index contributed by atoms with van der Waals surface area (Å²) in [5, 5.41) is 7.00. The first kappa shape index (κ1) is 19.5. The number of nitrogens with one attached hydrogen (secondary N) is 1. The van der Waals surface area contributed by atoms with E-state index in [0.29, 0.717) is 30.2 Å². The lowest BCUT2D eigenvalue weighted by atomic mass is 10.3. The number of rotatable bonds is 6. The molecule has 0 unspecified atom stereocenters. The first-order chi connectivity index (χ1) is 12.8. The van der Waals surface area contributed by atoms with Crippen molar-refractivity contribution in [3.05, 3.63) is 41.5 Å². The van der Waals surface area contributed by atoms with Crippen molar-refractivity contribution in [3.8, 4) is 0 Å². The zero-order valence-electron chi connectivity index (χ0n) is 15.4. The average molecular weight is 394 g/mol. The van der Waals surface area contributed by atoms with Gasteiger partial charge in [-0.1, -0.05) is 0 Å². The Labute approximate surface area is 158 Å². The quantitative estimate of drug-likeness (QED) is 0.816. The Bertz CT molecular complexity index is 932. The Morgan fingerprint density at radius 2 is 1.81 bits per heavy atom. The van der Waals surface area contributed by atoms with Gasteiger partial charge >= 0.3 is 0 Å². The van der Waals surface area contributed by atoms with Crippen LogP contribution in [0.25, 0.3) is 0 Å². The molecule has 1 fully saturated rings. The largest absolute Gasteiger partial charge is 0.326 e. The van der Waals surface area contributed by atoms with E-state index >= 15 is 0 Å². The number of sulfonamides is 1. The fourth-order valence-electron chi connectivity index (χ4n) is 3.29. The van der Waals surface area contributed by atoms with Crippen LogP contribution in [0.15, 0.2) is 29.2 Å². The highest BCUT2D eigenvalue weighted by Crippen LogP contribution is 2.26. The van der Waals surface area contributed by atoms with Gasteiger partial charge in [0.05, 0.1) is 17.9 Å². The number of carbonyl (C=O) groups is 1. The SMILES string of the molecule is Cc1nn(CCC(=O)Nc2ccc(F)cc2)c(C)c1S(=O)(=O)N1CCCC1. The summed E-state index contributed by atoms with van der Waals surface area (Å²) in [5.74, 6) is -0.625. The molecule has 9 heteroatoms. The fraction of sp³-hybridized carbons (Fsp3) is 0.444. The molecule has 0 atom stereocenters. The smallest absolute Gasteiger partial charge is 0.246 e. The molecule has 3 rings (SSSR count). The summed E-state index contributed by atoms with van der Waals surface area (Å²) in [6.45, 7) is 4.71. The average Bonchev–Trinajstić information content (AvgIpc) is 3.24. The molecular weight excluding hydrogens is 371 g/mol. The van der Waals surface area contributed by atoms with E-state index in [9.17, 15) is 17.6 Å². The van der Waals surface area contributed by atoms with Gasteiger partial charge in [0, 0.05) is 25.2 Å². The summed E-state index contributed by atoms with van der Waals surface area (Å²) < 4.78 is 41.7. The number of hydrogen-bond acceptors (Lipinski definition) is 4. The van der Waals surface area contributed by atoms with Crippen LogP contribution in [0.4, 0.5) is 10.1 Å². The number of benzene rings is 1. The van der Waals surface area contributed by atoms with Crippen LogP contribution in [-0.2, 0) is 21.4 Å². The van der Waals surface area contributed by atoms with Crippen LogP contribution in [0.5, 0.6) is 0 Å². The first-order valence-electron chi connectivity index (χ1n) is 8.88. The van der Waals surface area contributed by atoms with Gasteiger partial charge in [0.15, 0.2) is 0 Å². The number of aromatic nitrogens is 2. The Hall–Kier alpha value is -2.26. The standard InChI is InChI=1S/C18H23FN4O3S/c1-13-18(27(25,26)22-10-3-4-11-22)14(2)23(21-13)12-9-17(24)20-16-7-5-15(19)6-8-16/h5-8H,3-4,9-12H2,1-2H3,(H,20,24). The molecule has 2 aromatic rings. The van der Waals surface area contributed by atoms with E-state index in [4.69, 9.17) is 0 Å². The predicted octanol–water partition coefficient (Wildman–Crippen LogP) is 2.45. The maximum Gasteiger partial charge on any atom is 0.246 e. The molecule has 0 saturated carbocycles. The number of nitrogens with zero attached hydrogens (tertiary/aromatic N) is 3. The topological polar surface area (TPSA) is 84.3 Å². The summed E-state index contributed by atoms with van der Waals surface area (Å²) in [5.41, 5.74) is 1.49. The minimum absolute atomic E-state index is 0.128. The van der Waals surface area contributed by atoms with Crippen molar-refractivity contribution in [3.63, 3.8) is 0 Å².